The third kappa shape index (κ3) is 4.21. The molecule has 0 atom stereocenters. The van der Waals surface area contributed by atoms with Gasteiger partial charge < -0.3 is 10.2 Å². The Morgan fingerprint density at radius 3 is 2.39 bits per heavy atom. The van der Waals surface area contributed by atoms with Gasteiger partial charge in [-0.3, -0.25) is 14.4 Å². The average molecular weight is 438 g/mol. The van der Waals surface area contributed by atoms with Crippen molar-refractivity contribution in [3.8, 4) is 0 Å². The molecule has 0 bridgehead atoms. The molecule has 6 nitrogen and oxygen atoms in total. The maximum Gasteiger partial charge on any atom is 0.283 e. The molecule has 160 valence electrons. The third-order valence-corrected chi connectivity index (χ3v) is 6.00. The van der Waals surface area contributed by atoms with E-state index in [0.29, 0.717) is 16.9 Å². The molecule has 0 spiro atoms. The zero-order valence-electron chi connectivity index (χ0n) is 17.4. The minimum Gasteiger partial charge on any atom is -0.350 e. The quantitative estimate of drug-likeness (QED) is 0.707. The lowest BCUT2D eigenvalue weighted by Gasteiger charge is -2.26. The lowest BCUT2D eigenvalue weighted by atomic mass is 10.1. The van der Waals surface area contributed by atoms with Crippen LogP contribution in [0.25, 0.3) is 0 Å². The number of anilines is 2. The largest absolute Gasteiger partial charge is 0.350 e. The molecule has 2 aliphatic rings. The standard InChI is InChI=1S/C24H24ClN3O3/c1-2-16-9-11-19(12-10-16)28-23(30)20(25)21(24(28)31)26-18-8-6-7-17(15-18)22(29)27-13-4-3-5-14-27/h6-12,15,26H,2-5,13-14H2,1H3. The number of piperidine rings is 1. The smallest absolute Gasteiger partial charge is 0.283 e. The molecular formula is C24H24ClN3O3. The van der Waals surface area contributed by atoms with Crippen molar-refractivity contribution in [1.29, 1.82) is 0 Å². The van der Waals surface area contributed by atoms with E-state index < -0.39 is 11.8 Å². The summed E-state index contributed by atoms with van der Waals surface area (Å²) in [5, 5.41) is 2.79. The van der Waals surface area contributed by atoms with Crippen LogP contribution in [0.4, 0.5) is 11.4 Å². The van der Waals surface area contributed by atoms with E-state index in [-0.39, 0.29) is 16.6 Å². The van der Waals surface area contributed by atoms with Crippen LogP contribution < -0.4 is 10.2 Å². The summed E-state index contributed by atoms with van der Waals surface area (Å²) in [4.78, 5) is 41.3. The second-order valence-corrected chi connectivity index (χ2v) is 8.09. The lowest BCUT2D eigenvalue weighted by Crippen LogP contribution is -2.35. The van der Waals surface area contributed by atoms with Crippen LogP contribution in [0, 0.1) is 0 Å². The highest BCUT2D eigenvalue weighted by Gasteiger charge is 2.39. The topological polar surface area (TPSA) is 69.7 Å². The molecule has 1 fully saturated rings. The molecule has 2 aromatic rings. The number of nitrogens with one attached hydrogen (secondary N) is 1. The fourth-order valence-electron chi connectivity index (χ4n) is 3.88. The Morgan fingerprint density at radius 1 is 1.00 bits per heavy atom. The van der Waals surface area contributed by atoms with Crippen molar-refractivity contribution in [2.24, 2.45) is 0 Å². The van der Waals surface area contributed by atoms with Gasteiger partial charge in [-0.15, -0.1) is 0 Å². The number of carbonyl (C=O) groups excluding carboxylic acids is 3. The number of likely N-dealkylation sites (tertiary alicyclic amines) is 1. The SMILES string of the molecule is CCc1ccc(N2C(=O)C(Cl)=C(Nc3cccc(C(=O)N4CCCCC4)c3)C2=O)cc1. The van der Waals surface area contributed by atoms with Gasteiger partial charge in [0.1, 0.15) is 10.7 Å². The van der Waals surface area contributed by atoms with Crippen LogP contribution in [0.2, 0.25) is 0 Å². The van der Waals surface area contributed by atoms with Crippen molar-refractivity contribution < 1.29 is 14.4 Å². The number of imide groups is 1. The minimum atomic E-state index is -0.570. The summed E-state index contributed by atoms with van der Waals surface area (Å²) in [6.45, 7) is 3.55. The Morgan fingerprint density at radius 2 is 1.71 bits per heavy atom. The molecule has 7 heteroatoms. The second-order valence-electron chi connectivity index (χ2n) is 7.71. The number of aryl methyl sites for hydroxylation is 1. The van der Waals surface area contributed by atoms with E-state index in [4.69, 9.17) is 11.6 Å². The van der Waals surface area contributed by atoms with Gasteiger partial charge in [-0.25, -0.2) is 4.90 Å². The number of carbonyl (C=O) groups is 3. The molecule has 31 heavy (non-hydrogen) atoms. The summed E-state index contributed by atoms with van der Waals surface area (Å²) in [5.74, 6) is -1.12. The van der Waals surface area contributed by atoms with Crippen LogP contribution in [-0.2, 0) is 16.0 Å². The first kappa shape index (κ1) is 21.1. The van der Waals surface area contributed by atoms with E-state index in [2.05, 4.69) is 5.32 Å². The molecule has 2 heterocycles. The fourth-order valence-corrected chi connectivity index (χ4v) is 4.09. The van der Waals surface area contributed by atoms with E-state index in [1.807, 2.05) is 24.0 Å². The molecule has 2 aliphatic heterocycles. The van der Waals surface area contributed by atoms with Crippen LogP contribution in [0.3, 0.4) is 0 Å². The van der Waals surface area contributed by atoms with Crippen LogP contribution in [-0.4, -0.2) is 35.7 Å². The Hall–Kier alpha value is -3.12. The van der Waals surface area contributed by atoms with Crippen LogP contribution >= 0.6 is 11.6 Å². The van der Waals surface area contributed by atoms with Gasteiger partial charge in [-0.2, -0.15) is 0 Å². The summed E-state index contributed by atoms with van der Waals surface area (Å²) in [5.41, 5.74) is 2.65. The highest BCUT2D eigenvalue weighted by Crippen LogP contribution is 2.30. The molecule has 0 radical (unpaired) electrons. The number of nitrogens with zero attached hydrogens (tertiary/aromatic N) is 2. The number of hydrogen-bond donors (Lipinski definition) is 1. The zero-order chi connectivity index (χ0) is 22.0. The van der Waals surface area contributed by atoms with E-state index in [1.54, 1.807) is 36.4 Å². The summed E-state index contributed by atoms with van der Waals surface area (Å²) in [6.07, 6.45) is 4.03. The molecular weight excluding hydrogens is 414 g/mol. The number of benzene rings is 2. The Balaban J connectivity index is 1.54. The minimum absolute atomic E-state index is 0.00815. The molecule has 4 rings (SSSR count). The number of rotatable bonds is 5. The summed E-state index contributed by atoms with van der Waals surface area (Å²) in [7, 11) is 0. The summed E-state index contributed by atoms with van der Waals surface area (Å²) in [6, 6.07) is 14.2. The zero-order valence-corrected chi connectivity index (χ0v) is 18.1. The van der Waals surface area contributed by atoms with Crippen molar-refractivity contribution in [3.05, 3.63) is 70.4 Å². The van der Waals surface area contributed by atoms with E-state index in [9.17, 15) is 14.4 Å². The number of hydrogen-bond acceptors (Lipinski definition) is 4. The predicted octanol–water partition coefficient (Wildman–Crippen LogP) is 4.31. The highest BCUT2D eigenvalue weighted by molar-refractivity contribution is 6.53. The van der Waals surface area contributed by atoms with Gasteiger partial charge in [0.05, 0.1) is 5.69 Å². The molecule has 1 N–H and O–H groups in total. The van der Waals surface area contributed by atoms with E-state index in [0.717, 1.165) is 49.2 Å². The average Bonchev–Trinajstić information content (AvgIpc) is 3.02. The summed E-state index contributed by atoms with van der Waals surface area (Å²) >= 11 is 6.23. The van der Waals surface area contributed by atoms with Crippen molar-refractivity contribution >= 4 is 40.7 Å². The highest BCUT2D eigenvalue weighted by atomic mass is 35.5. The van der Waals surface area contributed by atoms with Gasteiger partial charge >= 0.3 is 0 Å². The first-order chi connectivity index (χ1) is 15.0. The Kier molecular flexibility index (Phi) is 6.09. The van der Waals surface area contributed by atoms with Crippen molar-refractivity contribution in [1.82, 2.24) is 4.90 Å². The maximum absolute atomic E-state index is 13.0. The third-order valence-electron chi connectivity index (χ3n) is 5.65. The van der Waals surface area contributed by atoms with E-state index >= 15 is 0 Å². The Bertz CT molecular complexity index is 1060. The molecule has 0 aliphatic carbocycles. The van der Waals surface area contributed by atoms with Gasteiger partial charge in [0.15, 0.2) is 0 Å². The summed E-state index contributed by atoms with van der Waals surface area (Å²) < 4.78 is 0. The van der Waals surface area contributed by atoms with Gasteiger partial charge in [0, 0.05) is 24.3 Å². The number of amides is 3. The number of halogens is 1. The molecule has 3 amide bonds. The van der Waals surface area contributed by atoms with E-state index in [1.165, 1.54) is 0 Å². The first-order valence-electron chi connectivity index (χ1n) is 10.5. The fraction of sp³-hybridized carbons (Fsp3) is 0.292. The molecule has 0 saturated carbocycles. The Labute approximate surface area is 186 Å². The monoisotopic (exact) mass is 437 g/mol. The second kappa shape index (κ2) is 8.94. The van der Waals surface area contributed by atoms with Crippen LogP contribution in [0.1, 0.15) is 42.1 Å². The normalized spacial score (nSPS) is 16.8. The maximum atomic E-state index is 13.0. The van der Waals surface area contributed by atoms with Gasteiger partial charge in [-0.1, -0.05) is 36.7 Å². The van der Waals surface area contributed by atoms with Crippen LogP contribution in [0.5, 0.6) is 0 Å². The van der Waals surface area contributed by atoms with Crippen molar-refractivity contribution in [2.75, 3.05) is 23.3 Å². The van der Waals surface area contributed by atoms with Gasteiger partial charge in [0.25, 0.3) is 17.7 Å². The molecule has 2 aromatic carbocycles. The molecule has 0 aromatic heterocycles. The predicted molar refractivity (Wildman–Crippen MR) is 121 cm³/mol. The lowest BCUT2D eigenvalue weighted by molar-refractivity contribution is -0.120. The molecule has 1 saturated heterocycles. The van der Waals surface area contributed by atoms with Crippen LogP contribution in [0.15, 0.2) is 59.3 Å². The molecule has 0 unspecified atom stereocenters. The van der Waals surface area contributed by atoms with Crippen molar-refractivity contribution in [2.45, 2.75) is 32.6 Å². The van der Waals surface area contributed by atoms with Gasteiger partial charge in [-0.05, 0) is 61.6 Å². The van der Waals surface area contributed by atoms with Crippen molar-refractivity contribution in [3.63, 3.8) is 0 Å². The first-order valence-corrected chi connectivity index (χ1v) is 10.9. The van der Waals surface area contributed by atoms with Gasteiger partial charge in [0.2, 0.25) is 0 Å².